The third-order valence-corrected chi connectivity index (χ3v) is 3.47. The van der Waals surface area contributed by atoms with E-state index in [1.807, 2.05) is 24.3 Å². The third-order valence-electron chi connectivity index (χ3n) is 2.95. The van der Waals surface area contributed by atoms with Crippen LogP contribution in [-0.4, -0.2) is 25.1 Å². The Morgan fingerprint density at radius 3 is 2.72 bits per heavy atom. The molecule has 0 aromatic heterocycles. The van der Waals surface area contributed by atoms with Gasteiger partial charge in [-0.15, -0.1) is 0 Å². The molecule has 1 fully saturated rings. The summed E-state index contributed by atoms with van der Waals surface area (Å²) in [6.07, 6.45) is 2.37. The standard InChI is InChI=1S/C13H17BrN2O2/c14-10-3-5-11(6-4-10)18-8-13(17)16-7-12(15)9-1-2-9/h3-6,9,12H,1-2,7-8,15H2,(H,16,17). The number of carbonyl (C=O) groups excluding carboxylic acids is 1. The molecule has 1 atom stereocenters. The average Bonchev–Trinajstić information content (AvgIpc) is 3.19. The summed E-state index contributed by atoms with van der Waals surface area (Å²) in [6, 6.07) is 7.45. The third kappa shape index (κ3) is 4.31. The van der Waals surface area contributed by atoms with Crippen molar-refractivity contribution < 1.29 is 9.53 Å². The van der Waals surface area contributed by atoms with Crippen molar-refractivity contribution in [3.05, 3.63) is 28.7 Å². The van der Waals surface area contributed by atoms with Crippen LogP contribution < -0.4 is 15.8 Å². The van der Waals surface area contributed by atoms with E-state index in [1.165, 1.54) is 12.8 Å². The van der Waals surface area contributed by atoms with Crippen LogP contribution in [0.1, 0.15) is 12.8 Å². The molecule has 2 rings (SSSR count). The number of benzene rings is 1. The molecule has 1 saturated carbocycles. The Kier molecular flexibility index (Phi) is 4.60. The van der Waals surface area contributed by atoms with E-state index in [1.54, 1.807) is 0 Å². The van der Waals surface area contributed by atoms with Gasteiger partial charge in [-0.1, -0.05) is 15.9 Å². The number of amides is 1. The van der Waals surface area contributed by atoms with Gasteiger partial charge in [-0.2, -0.15) is 0 Å². The van der Waals surface area contributed by atoms with Gasteiger partial charge in [0.25, 0.3) is 5.91 Å². The van der Waals surface area contributed by atoms with Gasteiger partial charge in [0.15, 0.2) is 6.61 Å². The number of halogens is 1. The van der Waals surface area contributed by atoms with Crippen molar-refractivity contribution in [1.29, 1.82) is 0 Å². The molecule has 4 nitrogen and oxygen atoms in total. The van der Waals surface area contributed by atoms with Gasteiger partial charge in [0, 0.05) is 17.1 Å². The van der Waals surface area contributed by atoms with E-state index in [0.29, 0.717) is 18.2 Å². The summed E-state index contributed by atoms with van der Waals surface area (Å²) >= 11 is 3.34. The molecule has 0 radical (unpaired) electrons. The van der Waals surface area contributed by atoms with Crippen LogP contribution in [-0.2, 0) is 4.79 Å². The molecule has 18 heavy (non-hydrogen) atoms. The van der Waals surface area contributed by atoms with E-state index in [2.05, 4.69) is 21.2 Å². The minimum Gasteiger partial charge on any atom is -0.484 e. The Morgan fingerprint density at radius 1 is 1.44 bits per heavy atom. The van der Waals surface area contributed by atoms with Crippen LogP contribution in [0, 0.1) is 5.92 Å². The van der Waals surface area contributed by atoms with Crippen LogP contribution in [0.25, 0.3) is 0 Å². The largest absolute Gasteiger partial charge is 0.484 e. The van der Waals surface area contributed by atoms with Crippen molar-refractivity contribution in [3.8, 4) is 5.75 Å². The van der Waals surface area contributed by atoms with Gasteiger partial charge >= 0.3 is 0 Å². The second-order valence-corrected chi connectivity index (χ2v) is 5.46. The Hall–Kier alpha value is -1.07. The van der Waals surface area contributed by atoms with Gasteiger partial charge in [0.2, 0.25) is 0 Å². The Labute approximate surface area is 115 Å². The lowest BCUT2D eigenvalue weighted by molar-refractivity contribution is -0.123. The quantitative estimate of drug-likeness (QED) is 0.840. The highest BCUT2D eigenvalue weighted by Gasteiger charge is 2.28. The number of ether oxygens (including phenoxy) is 1. The molecule has 1 aromatic rings. The van der Waals surface area contributed by atoms with E-state index in [0.717, 1.165) is 4.47 Å². The summed E-state index contributed by atoms with van der Waals surface area (Å²) in [7, 11) is 0. The molecule has 1 aliphatic rings. The van der Waals surface area contributed by atoms with Crippen LogP contribution in [0.5, 0.6) is 5.75 Å². The van der Waals surface area contributed by atoms with Crippen molar-refractivity contribution in [2.75, 3.05) is 13.2 Å². The van der Waals surface area contributed by atoms with Gasteiger partial charge < -0.3 is 15.8 Å². The van der Waals surface area contributed by atoms with E-state index in [4.69, 9.17) is 10.5 Å². The number of hydrogen-bond donors (Lipinski definition) is 2. The monoisotopic (exact) mass is 312 g/mol. The number of hydrogen-bond acceptors (Lipinski definition) is 3. The summed E-state index contributed by atoms with van der Waals surface area (Å²) < 4.78 is 6.34. The van der Waals surface area contributed by atoms with E-state index in [-0.39, 0.29) is 18.6 Å². The maximum atomic E-state index is 11.5. The number of carbonyl (C=O) groups is 1. The first kappa shape index (κ1) is 13.4. The number of nitrogens with one attached hydrogen (secondary N) is 1. The highest BCUT2D eigenvalue weighted by Crippen LogP contribution is 2.31. The second kappa shape index (κ2) is 6.20. The first-order chi connectivity index (χ1) is 8.65. The highest BCUT2D eigenvalue weighted by molar-refractivity contribution is 9.10. The molecular weight excluding hydrogens is 296 g/mol. The maximum absolute atomic E-state index is 11.5. The molecule has 0 heterocycles. The normalized spacial score (nSPS) is 16.1. The maximum Gasteiger partial charge on any atom is 0.257 e. The fourth-order valence-corrected chi connectivity index (χ4v) is 1.92. The van der Waals surface area contributed by atoms with Crippen LogP contribution in [0.3, 0.4) is 0 Å². The molecule has 1 aliphatic carbocycles. The van der Waals surface area contributed by atoms with Crippen LogP contribution in [0.4, 0.5) is 0 Å². The van der Waals surface area contributed by atoms with Gasteiger partial charge in [-0.05, 0) is 43.0 Å². The zero-order chi connectivity index (χ0) is 13.0. The Bertz CT molecular complexity index is 404. The SMILES string of the molecule is NC(CNC(=O)COc1ccc(Br)cc1)C1CC1. The van der Waals surface area contributed by atoms with Crippen molar-refractivity contribution >= 4 is 21.8 Å². The molecule has 0 bridgehead atoms. The first-order valence-electron chi connectivity index (χ1n) is 6.06. The molecule has 1 amide bonds. The van der Waals surface area contributed by atoms with E-state index < -0.39 is 0 Å². The lowest BCUT2D eigenvalue weighted by atomic mass is 10.2. The molecule has 5 heteroatoms. The molecule has 0 saturated heterocycles. The minimum absolute atomic E-state index is 0.0268. The van der Waals surface area contributed by atoms with Crippen molar-refractivity contribution in [1.82, 2.24) is 5.32 Å². The lowest BCUT2D eigenvalue weighted by Crippen LogP contribution is -2.40. The predicted molar refractivity (Wildman–Crippen MR) is 73.3 cm³/mol. The fourth-order valence-electron chi connectivity index (χ4n) is 1.65. The number of nitrogens with two attached hydrogens (primary N) is 1. The molecule has 1 aromatic carbocycles. The van der Waals surface area contributed by atoms with E-state index >= 15 is 0 Å². The summed E-state index contributed by atoms with van der Waals surface area (Å²) in [5.41, 5.74) is 5.89. The van der Waals surface area contributed by atoms with Crippen LogP contribution >= 0.6 is 15.9 Å². The van der Waals surface area contributed by atoms with Crippen LogP contribution in [0.15, 0.2) is 28.7 Å². The van der Waals surface area contributed by atoms with Gasteiger partial charge in [0.1, 0.15) is 5.75 Å². The molecule has 98 valence electrons. The first-order valence-corrected chi connectivity index (χ1v) is 6.85. The number of rotatable bonds is 6. The summed E-state index contributed by atoms with van der Waals surface area (Å²) in [5, 5.41) is 2.79. The molecule has 0 aliphatic heterocycles. The minimum atomic E-state index is -0.131. The van der Waals surface area contributed by atoms with Gasteiger partial charge in [-0.3, -0.25) is 4.79 Å². The van der Waals surface area contributed by atoms with Gasteiger partial charge in [0.05, 0.1) is 0 Å². The van der Waals surface area contributed by atoms with Crippen molar-refractivity contribution in [2.45, 2.75) is 18.9 Å². The smallest absolute Gasteiger partial charge is 0.257 e. The predicted octanol–water partition coefficient (Wildman–Crippen LogP) is 1.68. The second-order valence-electron chi connectivity index (χ2n) is 4.55. The highest BCUT2D eigenvalue weighted by atomic mass is 79.9. The van der Waals surface area contributed by atoms with Crippen molar-refractivity contribution in [3.63, 3.8) is 0 Å². The zero-order valence-corrected chi connectivity index (χ0v) is 11.7. The summed E-state index contributed by atoms with van der Waals surface area (Å²) in [6.45, 7) is 0.562. The summed E-state index contributed by atoms with van der Waals surface area (Å²) in [5.74, 6) is 1.14. The van der Waals surface area contributed by atoms with Crippen molar-refractivity contribution in [2.24, 2.45) is 11.7 Å². The zero-order valence-electron chi connectivity index (χ0n) is 10.1. The Balaban J connectivity index is 1.66. The average molecular weight is 313 g/mol. The van der Waals surface area contributed by atoms with Gasteiger partial charge in [-0.25, -0.2) is 0 Å². The molecule has 1 unspecified atom stereocenters. The topological polar surface area (TPSA) is 64.3 Å². The molecule has 0 spiro atoms. The molecular formula is C13H17BrN2O2. The van der Waals surface area contributed by atoms with Crippen LogP contribution in [0.2, 0.25) is 0 Å². The summed E-state index contributed by atoms with van der Waals surface area (Å²) in [4.78, 5) is 11.5. The molecule has 3 N–H and O–H groups in total. The fraction of sp³-hybridized carbons (Fsp3) is 0.462. The lowest BCUT2D eigenvalue weighted by Gasteiger charge is -2.12. The van der Waals surface area contributed by atoms with E-state index in [9.17, 15) is 4.79 Å². The Morgan fingerprint density at radius 2 is 2.11 bits per heavy atom.